The van der Waals surface area contributed by atoms with Crippen molar-refractivity contribution in [2.45, 2.75) is 48.4 Å². The van der Waals surface area contributed by atoms with E-state index in [-0.39, 0.29) is 24.2 Å². The fraction of sp³-hybridized carbons (Fsp3) is 0.458. The van der Waals surface area contributed by atoms with Gasteiger partial charge in [0.2, 0.25) is 0 Å². The number of aliphatic hydroxyl groups excluding tert-OH is 1. The molecule has 2 atom stereocenters. The van der Waals surface area contributed by atoms with Gasteiger partial charge in [-0.15, -0.1) is 0 Å². The first-order valence-electron chi connectivity index (χ1n) is 11.5. The molecule has 0 aliphatic carbocycles. The molecule has 0 bridgehead atoms. The first-order chi connectivity index (χ1) is 16.5. The van der Waals surface area contributed by atoms with Crippen molar-refractivity contribution in [1.82, 2.24) is 19.7 Å². The van der Waals surface area contributed by atoms with Crippen molar-refractivity contribution in [2.75, 3.05) is 31.2 Å². The Bertz CT molecular complexity index is 1130. The Morgan fingerprint density at radius 1 is 1.24 bits per heavy atom. The Kier molecular flexibility index (Phi) is 6.81. The molecular formula is C24H29ClN6O2S. The third-order valence-electron chi connectivity index (χ3n) is 7.00. The molecule has 2 fully saturated rings. The lowest BCUT2D eigenvalue weighted by Gasteiger charge is -2.41. The molecule has 10 heteroatoms. The third-order valence-corrected chi connectivity index (χ3v) is 8.49. The molecule has 2 aliphatic rings. The van der Waals surface area contributed by atoms with E-state index in [9.17, 15) is 0 Å². The second-order valence-electron chi connectivity index (χ2n) is 9.04. The fourth-order valence-corrected chi connectivity index (χ4v) is 5.97. The standard InChI is InChI=1S/C24H29ClN6O2S/c1-16-23(26)24(15-33-16)5-7-30(8-6-24)20-12-28-21(13-27-20)34-19-4-2-3-18(22(19)25)17-11-29-31(14-17)9-10-32/h2-4,11-14,16,23,32H,5-10,15,26H2,1H3/t16-,23+/m0/s1. The molecular weight excluding hydrogens is 472 g/mol. The summed E-state index contributed by atoms with van der Waals surface area (Å²) in [5.74, 6) is 0.885. The topological polar surface area (TPSA) is 102 Å². The Morgan fingerprint density at radius 2 is 2.06 bits per heavy atom. The van der Waals surface area contributed by atoms with Crippen LogP contribution >= 0.6 is 23.4 Å². The number of benzene rings is 1. The van der Waals surface area contributed by atoms with Gasteiger partial charge in [-0.25, -0.2) is 9.97 Å². The first-order valence-corrected chi connectivity index (χ1v) is 12.7. The molecule has 180 valence electrons. The number of rotatable bonds is 6. The van der Waals surface area contributed by atoms with Gasteiger partial charge < -0.3 is 20.5 Å². The number of halogens is 1. The normalized spacial score (nSPS) is 21.9. The number of hydrogen-bond acceptors (Lipinski definition) is 8. The van der Waals surface area contributed by atoms with Crippen molar-refractivity contribution in [3.63, 3.8) is 0 Å². The summed E-state index contributed by atoms with van der Waals surface area (Å²) in [6.07, 6.45) is 9.43. The molecule has 4 heterocycles. The van der Waals surface area contributed by atoms with Gasteiger partial charge in [-0.05, 0) is 25.8 Å². The minimum Gasteiger partial charge on any atom is -0.394 e. The number of anilines is 1. The third kappa shape index (κ3) is 4.55. The maximum Gasteiger partial charge on any atom is 0.147 e. The van der Waals surface area contributed by atoms with E-state index in [0.29, 0.717) is 11.6 Å². The fourth-order valence-electron chi connectivity index (χ4n) is 4.83. The molecule has 0 unspecified atom stereocenters. The molecule has 1 aromatic carbocycles. The zero-order valence-corrected chi connectivity index (χ0v) is 20.7. The number of aliphatic hydroxyl groups is 1. The van der Waals surface area contributed by atoms with Crippen molar-refractivity contribution in [3.8, 4) is 11.1 Å². The average Bonchev–Trinajstić information content (AvgIpc) is 3.42. The van der Waals surface area contributed by atoms with Gasteiger partial charge in [-0.1, -0.05) is 35.5 Å². The van der Waals surface area contributed by atoms with Gasteiger partial charge in [0.1, 0.15) is 10.8 Å². The number of nitrogens with two attached hydrogens (primary N) is 1. The highest BCUT2D eigenvalue weighted by atomic mass is 35.5. The Morgan fingerprint density at radius 3 is 2.74 bits per heavy atom. The molecule has 3 N–H and O–H groups in total. The van der Waals surface area contributed by atoms with Crippen LogP contribution in [0.25, 0.3) is 11.1 Å². The Balaban J connectivity index is 1.25. The van der Waals surface area contributed by atoms with Crippen LogP contribution in [0.5, 0.6) is 0 Å². The van der Waals surface area contributed by atoms with E-state index in [1.54, 1.807) is 17.1 Å². The van der Waals surface area contributed by atoms with Crippen LogP contribution in [-0.4, -0.2) is 63.3 Å². The maximum atomic E-state index is 9.12. The van der Waals surface area contributed by atoms with Gasteiger partial charge in [0.15, 0.2) is 0 Å². The largest absolute Gasteiger partial charge is 0.394 e. The summed E-state index contributed by atoms with van der Waals surface area (Å²) in [7, 11) is 0. The summed E-state index contributed by atoms with van der Waals surface area (Å²) in [6.45, 7) is 5.13. The molecule has 2 saturated heterocycles. The van der Waals surface area contributed by atoms with Crippen LogP contribution in [0.3, 0.4) is 0 Å². The van der Waals surface area contributed by atoms with Gasteiger partial charge in [0, 0.05) is 46.8 Å². The summed E-state index contributed by atoms with van der Waals surface area (Å²) in [4.78, 5) is 12.5. The molecule has 3 aromatic rings. The summed E-state index contributed by atoms with van der Waals surface area (Å²) in [5.41, 5.74) is 8.34. The lowest BCUT2D eigenvalue weighted by atomic mass is 9.73. The lowest BCUT2D eigenvalue weighted by Crippen LogP contribution is -2.50. The van der Waals surface area contributed by atoms with Crippen molar-refractivity contribution >= 4 is 29.2 Å². The van der Waals surface area contributed by atoms with Crippen LogP contribution < -0.4 is 10.6 Å². The van der Waals surface area contributed by atoms with Crippen LogP contribution in [0, 0.1) is 5.41 Å². The number of nitrogens with zero attached hydrogens (tertiary/aromatic N) is 5. The molecule has 8 nitrogen and oxygen atoms in total. The van der Waals surface area contributed by atoms with Gasteiger partial charge in [-0.2, -0.15) is 5.10 Å². The Labute approximate surface area is 208 Å². The predicted molar refractivity (Wildman–Crippen MR) is 133 cm³/mol. The summed E-state index contributed by atoms with van der Waals surface area (Å²) < 4.78 is 7.53. The molecule has 0 radical (unpaired) electrons. The highest BCUT2D eigenvalue weighted by Gasteiger charge is 2.47. The van der Waals surface area contributed by atoms with Crippen molar-refractivity contribution in [1.29, 1.82) is 0 Å². The summed E-state index contributed by atoms with van der Waals surface area (Å²) >= 11 is 8.22. The summed E-state index contributed by atoms with van der Waals surface area (Å²) in [5, 5.41) is 14.8. The maximum absolute atomic E-state index is 9.12. The van der Waals surface area contributed by atoms with Crippen molar-refractivity contribution in [3.05, 3.63) is 48.0 Å². The first kappa shape index (κ1) is 23.6. The minimum atomic E-state index is 0.0405. The number of hydrogen-bond donors (Lipinski definition) is 2. The lowest BCUT2D eigenvalue weighted by molar-refractivity contribution is 0.0974. The number of ether oxygens (including phenoxy) is 1. The van der Waals surface area contributed by atoms with E-state index in [4.69, 9.17) is 27.2 Å². The predicted octanol–water partition coefficient (Wildman–Crippen LogP) is 3.47. The van der Waals surface area contributed by atoms with Gasteiger partial charge in [0.05, 0.1) is 49.5 Å². The second-order valence-corrected chi connectivity index (χ2v) is 10.5. The molecule has 0 saturated carbocycles. The Hall–Kier alpha value is -2.17. The zero-order chi connectivity index (χ0) is 23.7. The van der Waals surface area contributed by atoms with E-state index in [1.807, 2.05) is 30.6 Å². The minimum absolute atomic E-state index is 0.0405. The molecule has 34 heavy (non-hydrogen) atoms. The monoisotopic (exact) mass is 500 g/mol. The number of piperidine rings is 1. The second kappa shape index (κ2) is 9.83. The molecule has 5 rings (SSSR count). The van der Waals surface area contributed by atoms with E-state index in [1.165, 1.54) is 11.8 Å². The van der Waals surface area contributed by atoms with E-state index < -0.39 is 0 Å². The van der Waals surface area contributed by atoms with Gasteiger partial charge in [-0.3, -0.25) is 4.68 Å². The number of aromatic nitrogens is 4. The van der Waals surface area contributed by atoms with Crippen LogP contribution in [0.4, 0.5) is 5.82 Å². The molecule has 2 aliphatic heterocycles. The molecule has 2 aromatic heterocycles. The quantitative estimate of drug-likeness (QED) is 0.530. The van der Waals surface area contributed by atoms with Gasteiger partial charge in [0.25, 0.3) is 0 Å². The highest BCUT2D eigenvalue weighted by Crippen LogP contribution is 2.42. The SMILES string of the molecule is C[C@@H]1OCC2(CCN(c3cnc(Sc4cccc(-c5cnn(CCO)c5)c4Cl)cn3)CC2)[C@@H]1N. The average molecular weight is 501 g/mol. The summed E-state index contributed by atoms with van der Waals surface area (Å²) in [6, 6.07) is 6.01. The zero-order valence-electron chi connectivity index (χ0n) is 19.1. The van der Waals surface area contributed by atoms with Crippen LogP contribution in [-0.2, 0) is 11.3 Å². The van der Waals surface area contributed by atoms with Crippen LogP contribution in [0.15, 0.2) is 52.9 Å². The van der Waals surface area contributed by atoms with E-state index >= 15 is 0 Å². The van der Waals surface area contributed by atoms with Crippen molar-refractivity contribution in [2.24, 2.45) is 11.1 Å². The highest BCUT2D eigenvalue weighted by molar-refractivity contribution is 7.99. The van der Waals surface area contributed by atoms with Gasteiger partial charge >= 0.3 is 0 Å². The van der Waals surface area contributed by atoms with E-state index in [0.717, 1.165) is 59.4 Å². The van der Waals surface area contributed by atoms with Crippen LogP contribution in [0.1, 0.15) is 19.8 Å². The molecule has 0 amide bonds. The smallest absolute Gasteiger partial charge is 0.147 e. The van der Waals surface area contributed by atoms with Crippen LogP contribution in [0.2, 0.25) is 5.02 Å². The molecule has 1 spiro atoms. The van der Waals surface area contributed by atoms with Crippen molar-refractivity contribution < 1.29 is 9.84 Å². The van der Waals surface area contributed by atoms with E-state index in [2.05, 4.69) is 26.9 Å².